The lowest BCUT2D eigenvalue weighted by Crippen LogP contribution is -2.51. The number of urea groups is 2. The molecule has 1 aliphatic heterocycles. The summed E-state index contributed by atoms with van der Waals surface area (Å²) >= 11 is 0.859. The highest BCUT2D eigenvalue weighted by molar-refractivity contribution is 7.99. The van der Waals surface area contributed by atoms with Crippen LogP contribution < -0.4 is 4.31 Å². The molecular weight excluding hydrogens is 245 g/mol. The second kappa shape index (κ2) is 4.25. The summed E-state index contributed by atoms with van der Waals surface area (Å²) in [5, 5.41) is 0. The average Bonchev–Trinajstić information content (AvgIpc) is 2.32. The largest absolute Gasteiger partial charge is 0.344 e. The third kappa shape index (κ3) is 1.93. The first-order chi connectivity index (χ1) is 8.02. The van der Waals surface area contributed by atoms with E-state index >= 15 is 0 Å². The lowest BCUT2D eigenvalue weighted by Gasteiger charge is -2.35. The van der Waals surface area contributed by atoms with Gasteiger partial charge in [0, 0.05) is 14.1 Å². The predicted octanol–water partition coefficient (Wildman–Crippen LogP) is 2.31. The first kappa shape index (κ1) is 11.7. The van der Waals surface area contributed by atoms with Crippen molar-refractivity contribution < 1.29 is 14.0 Å². The van der Waals surface area contributed by atoms with Crippen molar-refractivity contribution in [2.45, 2.75) is 0 Å². The van der Waals surface area contributed by atoms with Gasteiger partial charge in [0.2, 0.25) is 0 Å². The highest BCUT2D eigenvalue weighted by Gasteiger charge is 2.36. The fourth-order valence-corrected chi connectivity index (χ4v) is 2.25. The number of anilines is 1. The minimum Gasteiger partial charge on any atom is -0.252 e. The number of halogens is 1. The summed E-state index contributed by atoms with van der Waals surface area (Å²) in [6.07, 6.45) is 0. The Morgan fingerprint density at radius 1 is 1.12 bits per heavy atom. The summed E-state index contributed by atoms with van der Waals surface area (Å²) in [4.78, 5) is 24.3. The molecule has 5 nitrogen and oxygen atoms in total. The fourth-order valence-electron chi connectivity index (χ4n) is 1.39. The second-order valence-electron chi connectivity index (χ2n) is 3.45. The van der Waals surface area contributed by atoms with Gasteiger partial charge < -0.3 is 0 Å². The van der Waals surface area contributed by atoms with Crippen molar-refractivity contribution in [3.8, 4) is 0 Å². The fraction of sp³-hybridized carbons (Fsp3) is 0.200. The molecule has 0 bridgehead atoms. The highest BCUT2D eigenvalue weighted by atomic mass is 32.2. The van der Waals surface area contributed by atoms with Crippen LogP contribution in [0.2, 0.25) is 0 Å². The van der Waals surface area contributed by atoms with E-state index in [2.05, 4.69) is 0 Å². The summed E-state index contributed by atoms with van der Waals surface area (Å²) in [6, 6.07) is 4.91. The SMILES string of the molecule is CN1SN(c2ccccc2F)C(=O)N(C)C1=O. The summed E-state index contributed by atoms with van der Waals surface area (Å²) in [7, 11) is 2.87. The Bertz CT molecular complexity index is 482. The van der Waals surface area contributed by atoms with Crippen molar-refractivity contribution in [3.63, 3.8) is 0 Å². The van der Waals surface area contributed by atoms with E-state index in [0.29, 0.717) is 0 Å². The molecule has 0 saturated carbocycles. The molecule has 1 aromatic rings. The lowest BCUT2D eigenvalue weighted by molar-refractivity contribution is 0.188. The van der Waals surface area contributed by atoms with Crippen molar-refractivity contribution in [1.29, 1.82) is 0 Å². The number of amides is 4. The Morgan fingerprint density at radius 2 is 1.76 bits per heavy atom. The van der Waals surface area contributed by atoms with E-state index < -0.39 is 17.9 Å². The molecule has 90 valence electrons. The van der Waals surface area contributed by atoms with Crippen LogP contribution in [-0.2, 0) is 0 Å². The lowest BCUT2D eigenvalue weighted by atomic mass is 10.3. The van der Waals surface area contributed by atoms with Crippen LogP contribution in [0.4, 0.5) is 19.7 Å². The van der Waals surface area contributed by atoms with Crippen LogP contribution in [0.3, 0.4) is 0 Å². The van der Waals surface area contributed by atoms with Crippen molar-refractivity contribution in [2.75, 3.05) is 18.4 Å². The van der Waals surface area contributed by atoms with Gasteiger partial charge in [0.1, 0.15) is 5.82 Å². The number of imide groups is 1. The van der Waals surface area contributed by atoms with Crippen molar-refractivity contribution in [3.05, 3.63) is 30.1 Å². The van der Waals surface area contributed by atoms with Gasteiger partial charge in [0.25, 0.3) is 0 Å². The third-order valence-corrected chi connectivity index (χ3v) is 3.21. The van der Waals surface area contributed by atoms with Crippen LogP contribution in [0.1, 0.15) is 0 Å². The molecule has 0 N–H and O–H groups in total. The van der Waals surface area contributed by atoms with Gasteiger partial charge in [0.15, 0.2) is 0 Å². The number of nitrogens with zero attached hydrogens (tertiary/aromatic N) is 3. The van der Waals surface area contributed by atoms with Gasteiger partial charge >= 0.3 is 12.1 Å². The molecule has 1 saturated heterocycles. The number of hydrogen-bond acceptors (Lipinski definition) is 3. The van der Waals surface area contributed by atoms with Gasteiger partial charge in [-0.3, -0.25) is 4.31 Å². The number of benzene rings is 1. The van der Waals surface area contributed by atoms with Crippen LogP contribution in [0, 0.1) is 5.82 Å². The van der Waals surface area contributed by atoms with Crippen LogP contribution in [-0.4, -0.2) is 35.4 Å². The van der Waals surface area contributed by atoms with E-state index in [9.17, 15) is 14.0 Å². The smallest absolute Gasteiger partial charge is 0.252 e. The zero-order chi connectivity index (χ0) is 12.6. The molecule has 1 fully saturated rings. The van der Waals surface area contributed by atoms with Gasteiger partial charge in [-0.2, -0.15) is 0 Å². The molecule has 0 aliphatic carbocycles. The molecule has 2 rings (SSSR count). The van der Waals surface area contributed by atoms with Crippen LogP contribution in [0.25, 0.3) is 0 Å². The minimum absolute atomic E-state index is 0.133. The third-order valence-electron chi connectivity index (χ3n) is 2.29. The number of hydrogen-bond donors (Lipinski definition) is 0. The van der Waals surface area contributed by atoms with Crippen molar-refractivity contribution >= 4 is 29.9 Å². The maximum Gasteiger partial charge on any atom is 0.344 e. The molecule has 1 heterocycles. The van der Waals surface area contributed by atoms with Crippen LogP contribution in [0.15, 0.2) is 24.3 Å². The summed E-state index contributed by atoms with van der Waals surface area (Å²) in [5.41, 5.74) is 0.133. The molecule has 1 aromatic carbocycles. The molecule has 7 heteroatoms. The normalized spacial score (nSPS) is 16.8. The summed E-state index contributed by atoms with van der Waals surface area (Å²) < 4.78 is 16.0. The first-order valence-electron chi connectivity index (χ1n) is 4.80. The number of para-hydroxylation sites is 1. The van der Waals surface area contributed by atoms with Crippen molar-refractivity contribution in [2.24, 2.45) is 0 Å². The Kier molecular flexibility index (Phi) is 2.93. The summed E-state index contributed by atoms with van der Waals surface area (Å²) in [5.74, 6) is -0.510. The van der Waals surface area contributed by atoms with E-state index in [4.69, 9.17) is 0 Å². The molecule has 1 aliphatic rings. The molecule has 0 spiro atoms. The standard InChI is InChI=1S/C10H10FN3O2S/c1-12-9(15)13(2)17-14(10(12)16)8-6-4-3-5-7(8)11/h3-6H,1-2H3. The van der Waals surface area contributed by atoms with Gasteiger partial charge in [-0.15, -0.1) is 0 Å². The quantitative estimate of drug-likeness (QED) is 0.723. The monoisotopic (exact) mass is 255 g/mol. The molecule has 4 amide bonds. The number of carbonyl (C=O) groups is 2. The number of rotatable bonds is 1. The Hall–Kier alpha value is -1.76. The zero-order valence-corrected chi connectivity index (χ0v) is 10.1. The molecule has 0 atom stereocenters. The Labute approximate surface area is 102 Å². The van der Waals surface area contributed by atoms with Crippen molar-refractivity contribution in [1.82, 2.24) is 9.21 Å². The Morgan fingerprint density at radius 3 is 2.41 bits per heavy atom. The molecule has 0 unspecified atom stereocenters. The van der Waals surface area contributed by atoms with E-state index in [1.54, 1.807) is 6.07 Å². The molecular formula is C10H10FN3O2S. The minimum atomic E-state index is -0.566. The summed E-state index contributed by atoms with van der Waals surface area (Å²) in [6.45, 7) is 0. The maximum atomic E-state index is 13.6. The van der Waals surface area contributed by atoms with Gasteiger partial charge in [-0.1, -0.05) is 12.1 Å². The van der Waals surface area contributed by atoms with E-state index in [0.717, 1.165) is 21.3 Å². The molecule has 0 aromatic heterocycles. The first-order valence-corrected chi connectivity index (χ1v) is 5.53. The van der Waals surface area contributed by atoms with E-state index in [-0.39, 0.29) is 5.69 Å². The van der Waals surface area contributed by atoms with E-state index in [1.807, 2.05) is 0 Å². The Balaban J connectivity index is 2.37. The topological polar surface area (TPSA) is 43.9 Å². The highest BCUT2D eigenvalue weighted by Crippen LogP contribution is 2.31. The van der Waals surface area contributed by atoms with Gasteiger partial charge in [0.05, 0.1) is 17.8 Å². The van der Waals surface area contributed by atoms with Gasteiger partial charge in [-0.25, -0.2) is 23.2 Å². The van der Waals surface area contributed by atoms with Crippen LogP contribution >= 0.6 is 12.1 Å². The molecule has 17 heavy (non-hydrogen) atoms. The zero-order valence-electron chi connectivity index (χ0n) is 9.25. The number of carbonyl (C=O) groups excluding carboxylic acids is 2. The van der Waals surface area contributed by atoms with E-state index in [1.165, 1.54) is 36.6 Å². The predicted molar refractivity (Wildman–Crippen MR) is 62.8 cm³/mol. The van der Waals surface area contributed by atoms with Gasteiger partial charge in [-0.05, 0) is 12.1 Å². The van der Waals surface area contributed by atoms with Crippen LogP contribution in [0.5, 0.6) is 0 Å². The molecule has 0 radical (unpaired) electrons. The average molecular weight is 255 g/mol. The maximum absolute atomic E-state index is 13.6. The second-order valence-corrected chi connectivity index (χ2v) is 4.53.